The number of para-hydroxylation sites is 2. The molecule has 6 aromatic rings. The van der Waals surface area contributed by atoms with E-state index in [0.29, 0.717) is 0 Å². The largest absolute Gasteiger partial charge is 0.340 e. The van der Waals surface area contributed by atoms with Crippen molar-refractivity contribution in [2.24, 2.45) is 0 Å². The third-order valence-corrected chi connectivity index (χ3v) is 7.97. The molecule has 0 radical (unpaired) electrons. The average Bonchev–Trinajstić information content (AvgIpc) is 3.52. The molecule has 0 saturated carbocycles. The minimum Gasteiger partial charge on any atom is -0.340 e. The van der Waals surface area contributed by atoms with E-state index in [-0.39, 0.29) is 0 Å². The molecule has 0 N–H and O–H groups in total. The van der Waals surface area contributed by atoms with Crippen molar-refractivity contribution in [3.63, 3.8) is 0 Å². The van der Waals surface area contributed by atoms with Crippen molar-refractivity contribution < 1.29 is 0 Å². The Morgan fingerprint density at radius 1 is 0.412 bits per heavy atom. The summed E-state index contributed by atoms with van der Waals surface area (Å²) in [4.78, 5) is 5.03. The zero-order valence-electron chi connectivity index (χ0n) is 19.0. The third kappa shape index (κ3) is 2.40. The maximum atomic E-state index is 2.51. The van der Waals surface area contributed by atoms with Gasteiger partial charge in [0.2, 0.25) is 0 Å². The minimum absolute atomic E-state index is 1.04. The monoisotopic (exact) mass is 436 g/mol. The fourth-order valence-corrected chi connectivity index (χ4v) is 6.42. The van der Waals surface area contributed by atoms with Gasteiger partial charge >= 0.3 is 0 Å². The lowest BCUT2D eigenvalue weighted by Gasteiger charge is -2.25. The Morgan fingerprint density at radius 2 is 0.853 bits per heavy atom. The topological polar surface area (TPSA) is 6.48 Å². The molecule has 0 aromatic heterocycles. The van der Waals surface area contributed by atoms with E-state index < -0.39 is 0 Å². The predicted molar refractivity (Wildman–Crippen MR) is 144 cm³/mol. The lowest BCUT2D eigenvalue weighted by atomic mass is 9.92. The maximum absolute atomic E-state index is 2.51. The molecule has 2 heterocycles. The molecule has 6 aromatic carbocycles. The van der Waals surface area contributed by atoms with Gasteiger partial charge < -0.3 is 9.80 Å². The van der Waals surface area contributed by atoms with E-state index in [9.17, 15) is 0 Å². The highest BCUT2D eigenvalue weighted by molar-refractivity contribution is 6.27. The Morgan fingerprint density at radius 3 is 1.35 bits per heavy atom. The molecule has 0 spiro atoms. The number of benzene rings is 6. The highest BCUT2D eigenvalue weighted by Crippen LogP contribution is 2.46. The van der Waals surface area contributed by atoms with Crippen LogP contribution in [0.25, 0.3) is 32.3 Å². The summed E-state index contributed by atoms with van der Waals surface area (Å²) < 4.78 is 0. The quantitative estimate of drug-likeness (QED) is 0.254. The van der Waals surface area contributed by atoms with E-state index >= 15 is 0 Å². The van der Waals surface area contributed by atoms with Crippen molar-refractivity contribution >= 4 is 55.1 Å². The first-order valence-corrected chi connectivity index (χ1v) is 12.3. The highest BCUT2D eigenvalue weighted by atomic mass is 15.2. The van der Waals surface area contributed by atoms with Crippen molar-refractivity contribution in [1.29, 1.82) is 0 Å². The number of nitrogens with zero attached hydrogens (tertiary/aromatic N) is 2. The van der Waals surface area contributed by atoms with Gasteiger partial charge in [0, 0.05) is 46.6 Å². The lowest BCUT2D eigenvalue weighted by molar-refractivity contribution is 1.00. The van der Waals surface area contributed by atoms with Gasteiger partial charge in [-0.2, -0.15) is 0 Å². The second-order valence-corrected chi connectivity index (χ2v) is 9.65. The van der Waals surface area contributed by atoms with E-state index in [1.54, 1.807) is 0 Å². The van der Waals surface area contributed by atoms with Crippen LogP contribution < -0.4 is 9.80 Å². The lowest BCUT2D eigenvalue weighted by Crippen LogP contribution is -2.14. The van der Waals surface area contributed by atoms with Crippen LogP contribution in [0.5, 0.6) is 0 Å². The van der Waals surface area contributed by atoms with E-state index in [2.05, 4.69) is 107 Å². The van der Waals surface area contributed by atoms with E-state index in [1.807, 2.05) is 0 Å². The summed E-state index contributed by atoms with van der Waals surface area (Å²) in [6.07, 6.45) is 2.22. The molecule has 2 aliphatic rings. The molecule has 2 aliphatic heterocycles. The maximum Gasteiger partial charge on any atom is 0.0491 e. The molecular weight excluding hydrogens is 412 g/mol. The Bertz CT molecular complexity index is 1600. The van der Waals surface area contributed by atoms with Crippen LogP contribution in [0.2, 0.25) is 0 Å². The van der Waals surface area contributed by atoms with Gasteiger partial charge in [0.15, 0.2) is 0 Å². The summed E-state index contributed by atoms with van der Waals surface area (Å²) >= 11 is 0. The average molecular weight is 437 g/mol. The van der Waals surface area contributed by atoms with Crippen LogP contribution in [-0.2, 0) is 12.8 Å². The first kappa shape index (κ1) is 18.4. The van der Waals surface area contributed by atoms with Crippen molar-refractivity contribution in [3.8, 4) is 0 Å². The third-order valence-electron chi connectivity index (χ3n) is 7.97. The first-order valence-electron chi connectivity index (χ1n) is 12.3. The second-order valence-electron chi connectivity index (χ2n) is 9.65. The van der Waals surface area contributed by atoms with Crippen molar-refractivity contribution in [3.05, 3.63) is 108 Å². The van der Waals surface area contributed by atoms with Crippen LogP contribution in [0.15, 0.2) is 97.1 Å². The molecule has 0 saturated heterocycles. The van der Waals surface area contributed by atoms with Gasteiger partial charge in [-0.3, -0.25) is 0 Å². The van der Waals surface area contributed by atoms with E-state index in [0.717, 1.165) is 25.9 Å². The molecule has 8 rings (SSSR count). The number of rotatable bonds is 2. The fraction of sp³-hybridized carbons (Fsp3) is 0.125. The van der Waals surface area contributed by atoms with E-state index in [1.165, 1.54) is 66.2 Å². The molecule has 0 aliphatic carbocycles. The van der Waals surface area contributed by atoms with Crippen molar-refractivity contribution in [2.45, 2.75) is 12.8 Å². The molecule has 2 nitrogen and oxygen atoms in total. The number of hydrogen-bond donors (Lipinski definition) is 0. The molecule has 0 atom stereocenters. The second kappa shape index (κ2) is 6.74. The van der Waals surface area contributed by atoms with Gasteiger partial charge in [-0.15, -0.1) is 0 Å². The summed E-state index contributed by atoms with van der Waals surface area (Å²) in [6, 6.07) is 36.3. The van der Waals surface area contributed by atoms with Gasteiger partial charge in [-0.1, -0.05) is 72.8 Å². The van der Waals surface area contributed by atoms with Gasteiger partial charge in [0.1, 0.15) is 0 Å². The molecule has 162 valence electrons. The summed E-state index contributed by atoms with van der Waals surface area (Å²) in [5, 5.41) is 8.14. The van der Waals surface area contributed by atoms with E-state index in [4.69, 9.17) is 0 Å². The molecule has 0 bridgehead atoms. The van der Waals surface area contributed by atoms with Crippen molar-refractivity contribution in [2.75, 3.05) is 22.9 Å². The molecule has 0 fully saturated rings. The van der Waals surface area contributed by atoms with Crippen LogP contribution in [0, 0.1) is 0 Å². The fourth-order valence-electron chi connectivity index (χ4n) is 6.42. The van der Waals surface area contributed by atoms with Crippen LogP contribution >= 0.6 is 0 Å². The summed E-state index contributed by atoms with van der Waals surface area (Å²) in [6.45, 7) is 2.08. The first-order chi connectivity index (χ1) is 16.9. The minimum atomic E-state index is 1.04. The highest BCUT2D eigenvalue weighted by Gasteiger charge is 2.25. The van der Waals surface area contributed by atoms with Gasteiger partial charge in [-0.25, -0.2) is 0 Å². The Balaban J connectivity index is 1.39. The predicted octanol–water partition coefficient (Wildman–Crippen LogP) is 7.97. The molecule has 0 amide bonds. The van der Waals surface area contributed by atoms with Gasteiger partial charge in [0.25, 0.3) is 0 Å². The summed E-state index contributed by atoms with van der Waals surface area (Å²) in [5.74, 6) is 0. The summed E-state index contributed by atoms with van der Waals surface area (Å²) in [7, 11) is 0. The molecule has 0 unspecified atom stereocenters. The standard InChI is InChI=1S/C32H24N2/c1-3-7-27-21(5-1)17-19-33(27)29-15-11-23-10-14-26-30(34-20-18-22-6-2-4-8-28(22)34)16-12-24-9-13-25(29)31(23)32(24)26/h1-16H,17-20H2. The molecule has 34 heavy (non-hydrogen) atoms. The number of fused-ring (bicyclic) bond motifs is 2. The summed E-state index contributed by atoms with van der Waals surface area (Å²) in [5.41, 5.74) is 8.25. The van der Waals surface area contributed by atoms with Crippen molar-refractivity contribution in [1.82, 2.24) is 0 Å². The van der Waals surface area contributed by atoms with Crippen LogP contribution in [0.1, 0.15) is 11.1 Å². The zero-order valence-corrected chi connectivity index (χ0v) is 19.0. The normalized spacial score (nSPS) is 15.1. The van der Waals surface area contributed by atoms with Crippen LogP contribution in [-0.4, -0.2) is 13.1 Å². The smallest absolute Gasteiger partial charge is 0.0491 e. The molecule has 2 heteroatoms. The number of hydrogen-bond acceptors (Lipinski definition) is 2. The Hall–Kier alpha value is -4.04. The molecular formula is C32H24N2. The Kier molecular flexibility index (Phi) is 3.65. The van der Waals surface area contributed by atoms with Crippen LogP contribution in [0.3, 0.4) is 0 Å². The van der Waals surface area contributed by atoms with Crippen LogP contribution in [0.4, 0.5) is 22.7 Å². The van der Waals surface area contributed by atoms with Gasteiger partial charge in [0.05, 0.1) is 0 Å². The number of anilines is 4. The van der Waals surface area contributed by atoms with Gasteiger partial charge in [-0.05, 0) is 69.8 Å². The SMILES string of the molecule is c1ccc2c(c1)CCN2c1ccc2ccc3c(N4CCc5ccccc54)ccc4ccc1c2c43. The zero-order chi connectivity index (χ0) is 22.2. The Labute approximate surface area is 199 Å².